The zero-order valence-electron chi connectivity index (χ0n) is 5.93. The summed E-state index contributed by atoms with van der Waals surface area (Å²) in [5.74, 6) is 0. The highest BCUT2D eigenvalue weighted by Crippen LogP contribution is 2.23. The molecule has 0 saturated carbocycles. The largest absolute Gasteiger partial charge is 0.355 e. The predicted molar refractivity (Wildman–Crippen MR) is 46.3 cm³/mol. The van der Waals surface area contributed by atoms with E-state index in [0.717, 1.165) is 21.2 Å². The van der Waals surface area contributed by atoms with Crippen LogP contribution in [0.3, 0.4) is 0 Å². The molecule has 0 aromatic carbocycles. The van der Waals surface area contributed by atoms with Gasteiger partial charge in [0.2, 0.25) is 0 Å². The molecule has 2 aromatic heterocycles. The molecule has 2 rings (SSSR count). The number of aromatic nitrogens is 3. The van der Waals surface area contributed by atoms with Crippen LogP contribution in [0.5, 0.6) is 0 Å². The quantitative estimate of drug-likeness (QED) is 0.725. The van der Waals surface area contributed by atoms with Gasteiger partial charge < -0.3 is 4.98 Å². The van der Waals surface area contributed by atoms with Crippen molar-refractivity contribution >= 4 is 27.0 Å². The molecule has 0 atom stereocenters. The lowest BCUT2D eigenvalue weighted by molar-refractivity contribution is 1.21. The normalized spacial score (nSPS) is 10.7. The summed E-state index contributed by atoms with van der Waals surface area (Å²) in [6.45, 7) is 1.99. The van der Waals surface area contributed by atoms with Crippen LogP contribution in [-0.2, 0) is 0 Å². The van der Waals surface area contributed by atoms with Gasteiger partial charge >= 0.3 is 0 Å². The summed E-state index contributed by atoms with van der Waals surface area (Å²) in [6, 6.07) is 0. The summed E-state index contributed by atoms with van der Waals surface area (Å²) in [4.78, 5) is 11.2. The number of H-pyrrole nitrogens is 1. The number of nitrogens with zero attached hydrogens (tertiary/aromatic N) is 2. The Balaban J connectivity index is 2.92. The van der Waals surface area contributed by atoms with Gasteiger partial charge in [0, 0.05) is 5.69 Å². The Bertz CT molecular complexity index is 393. The number of hydrogen-bond acceptors (Lipinski definition) is 2. The molecule has 0 fully saturated rings. The van der Waals surface area contributed by atoms with Gasteiger partial charge in [-0.15, -0.1) is 0 Å². The standard InChI is InChI=1S/C7H6BrN3/c1-4-6(8)7-5(11-4)2-9-3-10-7/h2-3,11H,1H3. The number of aromatic amines is 1. The maximum Gasteiger partial charge on any atom is 0.116 e. The molecule has 0 aliphatic heterocycles. The molecule has 0 radical (unpaired) electrons. The average molecular weight is 212 g/mol. The van der Waals surface area contributed by atoms with Crippen molar-refractivity contribution in [2.24, 2.45) is 0 Å². The number of hydrogen-bond donors (Lipinski definition) is 1. The van der Waals surface area contributed by atoms with E-state index >= 15 is 0 Å². The maximum absolute atomic E-state index is 4.11. The summed E-state index contributed by atoms with van der Waals surface area (Å²) >= 11 is 3.43. The first-order chi connectivity index (χ1) is 5.29. The molecule has 0 aliphatic carbocycles. The van der Waals surface area contributed by atoms with E-state index in [4.69, 9.17) is 0 Å². The molecule has 0 bridgehead atoms. The van der Waals surface area contributed by atoms with Crippen LogP contribution < -0.4 is 0 Å². The SMILES string of the molecule is Cc1[nH]c2cncnc2c1Br. The summed E-state index contributed by atoms with van der Waals surface area (Å²) in [5.41, 5.74) is 3.00. The number of fused-ring (bicyclic) bond motifs is 1. The van der Waals surface area contributed by atoms with E-state index in [1.54, 1.807) is 12.5 Å². The van der Waals surface area contributed by atoms with Crippen molar-refractivity contribution in [3.8, 4) is 0 Å². The van der Waals surface area contributed by atoms with Crippen molar-refractivity contribution < 1.29 is 0 Å². The monoisotopic (exact) mass is 211 g/mol. The molecule has 4 heteroatoms. The molecule has 56 valence electrons. The van der Waals surface area contributed by atoms with Gasteiger partial charge in [0.1, 0.15) is 11.8 Å². The summed E-state index contributed by atoms with van der Waals surface area (Å²) in [7, 11) is 0. The lowest BCUT2D eigenvalue weighted by Gasteiger charge is -1.84. The van der Waals surface area contributed by atoms with Gasteiger partial charge in [-0.25, -0.2) is 9.97 Å². The number of nitrogens with one attached hydrogen (secondary N) is 1. The van der Waals surface area contributed by atoms with E-state index in [1.165, 1.54) is 0 Å². The first-order valence-corrected chi connectivity index (χ1v) is 4.02. The summed E-state index contributed by atoms with van der Waals surface area (Å²) < 4.78 is 1.02. The van der Waals surface area contributed by atoms with Crippen LogP contribution in [-0.4, -0.2) is 15.0 Å². The summed E-state index contributed by atoms with van der Waals surface area (Å²) in [6.07, 6.45) is 3.31. The molecule has 0 aliphatic rings. The molecule has 11 heavy (non-hydrogen) atoms. The van der Waals surface area contributed by atoms with Crippen molar-refractivity contribution in [3.05, 3.63) is 22.7 Å². The fraction of sp³-hybridized carbons (Fsp3) is 0.143. The van der Waals surface area contributed by atoms with E-state index in [-0.39, 0.29) is 0 Å². The third kappa shape index (κ3) is 0.939. The first-order valence-electron chi connectivity index (χ1n) is 3.23. The molecular weight excluding hydrogens is 206 g/mol. The van der Waals surface area contributed by atoms with Crippen LogP contribution in [0, 0.1) is 6.92 Å². The second kappa shape index (κ2) is 2.30. The zero-order valence-corrected chi connectivity index (χ0v) is 7.51. The molecule has 0 spiro atoms. The van der Waals surface area contributed by atoms with Gasteiger partial charge in [0.25, 0.3) is 0 Å². The Morgan fingerprint density at radius 1 is 1.55 bits per heavy atom. The molecular formula is C7H6BrN3. The predicted octanol–water partition coefficient (Wildman–Crippen LogP) is 2.03. The van der Waals surface area contributed by atoms with Crippen LogP contribution >= 0.6 is 15.9 Å². The lowest BCUT2D eigenvalue weighted by atomic mass is 10.4. The molecule has 0 saturated heterocycles. The van der Waals surface area contributed by atoms with E-state index in [1.807, 2.05) is 6.92 Å². The van der Waals surface area contributed by atoms with Crippen LogP contribution in [0.1, 0.15) is 5.69 Å². The van der Waals surface area contributed by atoms with E-state index in [9.17, 15) is 0 Å². The Morgan fingerprint density at radius 3 is 3.09 bits per heavy atom. The first kappa shape index (κ1) is 6.79. The highest BCUT2D eigenvalue weighted by Gasteiger charge is 2.04. The van der Waals surface area contributed by atoms with Crippen LogP contribution in [0.15, 0.2) is 17.0 Å². The number of aryl methyl sites for hydroxylation is 1. The maximum atomic E-state index is 4.11. The number of rotatable bonds is 0. The minimum atomic E-state index is 0.942. The Kier molecular flexibility index (Phi) is 1.42. The smallest absolute Gasteiger partial charge is 0.116 e. The molecule has 0 unspecified atom stereocenters. The van der Waals surface area contributed by atoms with Crippen LogP contribution in [0.4, 0.5) is 0 Å². The molecule has 0 amide bonds. The zero-order chi connectivity index (χ0) is 7.84. The van der Waals surface area contributed by atoms with E-state index in [2.05, 4.69) is 30.9 Å². The van der Waals surface area contributed by atoms with Gasteiger partial charge in [-0.2, -0.15) is 0 Å². The van der Waals surface area contributed by atoms with Gasteiger partial charge in [0.05, 0.1) is 16.2 Å². The van der Waals surface area contributed by atoms with Crippen molar-refractivity contribution in [1.82, 2.24) is 15.0 Å². The third-order valence-electron chi connectivity index (χ3n) is 1.57. The van der Waals surface area contributed by atoms with Crippen LogP contribution in [0.2, 0.25) is 0 Å². The van der Waals surface area contributed by atoms with Crippen molar-refractivity contribution in [3.63, 3.8) is 0 Å². The van der Waals surface area contributed by atoms with Gasteiger partial charge in [-0.1, -0.05) is 0 Å². The van der Waals surface area contributed by atoms with Crippen LogP contribution in [0.25, 0.3) is 11.0 Å². The second-order valence-electron chi connectivity index (χ2n) is 2.35. The highest BCUT2D eigenvalue weighted by atomic mass is 79.9. The highest BCUT2D eigenvalue weighted by molar-refractivity contribution is 9.10. The van der Waals surface area contributed by atoms with Crippen molar-refractivity contribution in [2.75, 3.05) is 0 Å². The van der Waals surface area contributed by atoms with Crippen molar-refractivity contribution in [2.45, 2.75) is 6.92 Å². The number of halogens is 1. The molecule has 3 nitrogen and oxygen atoms in total. The van der Waals surface area contributed by atoms with Gasteiger partial charge in [-0.3, -0.25) is 0 Å². The Labute approximate surface area is 72.0 Å². The average Bonchev–Trinajstić information content (AvgIpc) is 2.30. The fourth-order valence-corrected chi connectivity index (χ4v) is 1.45. The fourth-order valence-electron chi connectivity index (χ4n) is 1.03. The molecule has 2 heterocycles. The minimum absolute atomic E-state index is 0.942. The molecule has 1 N–H and O–H groups in total. The van der Waals surface area contributed by atoms with Crippen molar-refractivity contribution in [1.29, 1.82) is 0 Å². The van der Waals surface area contributed by atoms with Gasteiger partial charge in [0.15, 0.2) is 0 Å². The Morgan fingerprint density at radius 2 is 2.36 bits per heavy atom. The summed E-state index contributed by atoms with van der Waals surface area (Å²) in [5, 5.41) is 0. The minimum Gasteiger partial charge on any atom is -0.355 e. The Hall–Kier alpha value is -0.900. The topological polar surface area (TPSA) is 41.6 Å². The second-order valence-corrected chi connectivity index (χ2v) is 3.14. The third-order valence-corrected chi connectivity index (χ3v) is 2.54. The van der Waals surface area contributed by atoms with E-state index in [0.29, 0.717) is 0 Å². The molecule has 2 aromatic rings. The van der Waals surface area contributed by atoms with E-state index < -0.39 is 0 Å². The van der Waals surface area contributed by atoms with Gasteiger partial charge in [-0.05, 0) is 22.9 Å². The lowest BCUT2D eigenvalue weighted by Crippen LogP contribution is -1.75.